The predicted molar refractivity (Wildman–Crippen MR) is 84.7 cm³/mol. The molecule has 4 nitrogen and oxygen atoms in total. The lowest BCUT2D eigenvalue weighted by Gasteiger charge is -2.21. The van der Waals surface area contributed by atoms with Gasteiger partial charge in [-0.05, 0) is 50.8 Å². The number of hydrogen-bond acceptors (Lipinski definition) is 3. The average Bonchev–Trinajstić information content (AvgIpc) is 2.89. The van der Waals surface area contributed by atoms with E-state index < -0.39 is 10.0 Å². The smallest absolute Gasteiger partial charge is 0.242 e. The van der Waals surface area contributed by atoms with Gasteiger partial charge in [0.25, 0.3) is 0 Å². The van der Waals surface area contributed by atoms with Crippen LogP contribution in [0.4, 0.5) is 0 Å². The van der Waals surface area contributed by atoms with Crippen molar-refractivity contribution in [3.63, 3.8) is 0 Å². The normalized spacial score (nSPS) is 20.7. The van der Waals surface area contributed by atoms with Gasteiger partial charge in [0.05, 0.1) is 11.1 Å². The zero-order valence-corrected chi connectivity index (χ0v) is 14.6. The Hall–Kier alpha value is -0.330. The van der Waals surface area contributed by atoms with Gasteiger partial charge in [0.2, 0.25) is 10.0 Å². The van der Waals surface area contributed by atoms with Crippen molar-refractivity contribution in [2.24, 2.45) is 0 Å². The molecule has 1 aromatic carbocycles. The van der Waals surface area contributed by atoms with Crippen LogP contribution in [0.5, 0.6) is 0 Å². The summed E-state index contributed by atoms with van der Waals surface area (Å²) < 4.78 is 33.4. The van der Waals surface area contributed by atoms with Gasteiger partial charge in [-0.25, -0.2) is 13.1 Å². The van der Waals surface area contributed by atoms with Gasteiger partial charge in [-0.3, -0.25) is 0 Å². The molecular weight excluding hydrogens is 333 g/mol. The molecular formula is C14H19Cl2NO3S. The van der Waals surface area contributed by atoms with Crippen molar-refractivity contribution < 1.29 is 13.2 Å². The topological polar surface area (TPSA) is 55.4 Å². The van der Waals surface area contributed by atoms with Crippen molar-refractivity contribution in [3.8, 4) is 0 Å². The first kappa shape index (κ1) is 17.0. The first-order chi connectivity index (χ1) is 9.74. The Morgan fingerprint density at radius 2 is 2.05 bits per heavy atom. The van der Waals surface area contributed by atoms with E-state index in [1.807, 2.05) is 0 Å². The molecule has 0 unspecified atom stereocenters. The van der Waals surface area contributed by atoms with Crippen molar-refractivity contribution >= 4 is 33.2 Å². The van der Waals surface area contributed by atoms with Crippen molar-refractivity contribution in [2.45, 2.75) is 50.7 Å². The van der Waals surface area contributed by atoms with Crippen molar-refractivity contribution in [1.29, 1.82) is 0 Å². The lowest BCUT2D eigenvalue weighted by atomic mass is 10.1. The first-order valence-electron chi connectivity index (χ1n) is 6.83. The van der Waals surface area contributed by atoms with Crippen molar-refractivity contribution in [1.82, 2.24) is 4.72 Å². The molecule has 1 aliphatic rings. The maximum Gasteiger partial charge on any atom is 0.242 e. The van der Waals surface area contributed by atoms with Gasteiger partial charge >= 0.3 is 0 Å². The number of benzene rings is 1. The Morgan fingerprint density at radius 3 is 2.62 bits per heavy atom. The highest BCUT2D eigenvalue weighted by atomic mass is 35.5. The van der Waals surface area contributed by atoms with Crippen LogP contribution in [0.3, 0.4) is 0 Å². The molecule has 1 aromatic rings. The Labute approximate surface area is 135 Å². The van der Waals surface area contributed by atoms with Gasteiger partial charge in [0.1, 0.15) is 4.90 Å². The molecule has 7 heteroatoms. The Morgan fingerprint density at radius 1 is 1.38 bits per heavy atom. The molecule has 0 spiro atoms. The summed E-state index contributed by atoms with van der Waals surface area (Å²) in [6, 6.07) is 1.36. The summed E-state index contributed by atoms with van der Waals surface area (Å²) in [5.74, 6) is 0. The second-order valence-electron chi connectivity index (χ2n) is 5.40. The highest BCUT2D eigenvalue weighted by Gasteiger charge is 2.30. The summed E-state index contributed by atoms with van der Waals surface area (Å²) in [4.78, 5) is 0.0546. The van der Waals surface area contributed by atoms with Crippen molar-refractivity contribution in [3.05, 3.63) is 27.2 Å². The van der Waals surface area contributed by atoms with E-state index in [9.17, 15) is 8.42 Å². The summed E-state index contributed by atoms with van der Waals surface area (Å²) in [7, 11) is -3.75. The second-order valence-corrected chi connectivity index (χ2v) is 7.84. The SMILES string of the molecule is Cc1cc(Cl)c(C)c(S(=O)(=O)N[C@H](C)[C@@H]2CCCO2)c1Cl. The van der Waals surface area contributed by atoms with Crippen LogP contribution in [0.2, 0.25) is 10.0 Å². The van der Waals surface area contributed by atoms with Gasteiger partial charge in [-0.2, -0.15) is 0 Å². The fourth-order valence-corrected chi connectivity index (χ4v) is 4.99. The summed E-state index contributed by atoms with van der Waals surface area (Å²) in [6.07, 6.45) is 1.71. The van der Waals surface area contributed by atoms with Crippen LogP contribution >= 0.6 is 23.2 Å². The second kappa shape index (κ2) is 6.42. The summed E-state index contributed by atoms with van der Waals surface area (Å²) >= 11 is 12.3. The van der Waals surface area contributed by atoms with Gasteiger partial charge in [0.15, 0.2) is 0 Å². The number of aryl methyl sites for hydroxylation is 1. The van der Waals surface area contributed by atoms with Crippen LogP contribution in [-0.2, 0) is 14.8 Å². The standard InChI is InChI=1S/C14H19Cl2NO3S/c1-8-7-11(15)9(2)14(13(8)16)21(18,19)17-10(3)12-5-4-6-20-12/h7,10,12,17H,4-6H2,1-3H3/t10-,12+/m1/s1. The van der Waals surface area contributed by atoms with Crippen LogP contribution in [0.1, 0.15) is 30.9 Å². The van der Waals surface area contributed by atoms with E-state index in [2.05, 4.69) is 4.72 Å². The molecule has 0 aromatic heterocycles. The molecule has 1 aliphatic heterocycles. The van der Waals surface area contributed by atoms with E-state index in [-0.39, 0.29) is 22.1 Å². The molecule has 118 valence electrons. The van der Waals surface area contributed by atoms with Crippen LogP contribution < -0.4 is 4.72 Å². The highest BCUT2D eigenvalue weighted by Crippen LogP contribution is 2.33. The largest absolute Gasteiger partial charge is 0.377 e. The molecule has 0 bridgehead atoms. The Bertz CT molecular complexity index is 614. The van der Waals surface area contributed by atoms with Gasteiger partial charge in [-0.15, -0.1) is 0 Å². The minimum absolute atomic E-state index is 0.0546. The quantitative estimate of drug-likeness (QED) is 0.903. The monoisotopic (exact) mass is 351 g/mol. The minimum Gasteiger partial charge on any atom is -0.377 e. The molecule has 2 rings (SSSR count). The maximum absolute atomic E-state index is 12.6. The van der Waals surface area contributed by atoms with Crippen LogP contribution in [0.15, 0.2) is 11.0 Å². The third-order valence-corrected chi connectivity index (χ3v) is 6.44. The fourth-order valence-electron chi connectivity index (χ4n) is 2.51. The Balaban J connectivity index is 2.35. The molecule has 1 fully saturated rings. The first-order valence-corrected chi connectivity index (χ1v) is 9.07. The third kappa shape index (κ3) is 3.54. The van der Waals surface area contributed by atoms with Gasteiger partial charge in [0, 0.05) is 17.7 Å². The molecule has 0 radical (unpaired) electrons. The van der Waals surface area contributed by atoms with Gasteiger partial charge in [-0.1, -0.05) is 23.2 Å². The average molecular weight is 352 g/mol. The zero-order chi connectivity index (χ0) is 15.8. The highest BCUT2D eigenvalue weighted by molar-refractivity contribution is 7.89. The summed E-state index contributed by atoms with van der Waals surface area (Å²) in [5, 5.41) is 0.603. The number of hydrogen-bond donors (Lipinski definition) is 1. The molecule has 0 amide bonds. The van der Waals surface area contributed by atoms with Gasteiger partial charge < -0.3 is 4.74 Å². The lowest BCUT2D eigenvalue weighted by Crippen LogP contribution is -2.41. The predicted octanol–water partition coefficient (Wildman–Crippen LogP) is 3.46. The van der Waals surface area contributed by atoms with E-state index in [0.717, 1.165) is 12.8 Å². The number of nitrogens with one attached hydrogen (secondary N) is 1. The van der Waals surface area contributed by atoms with Crippen LogP contribution in [0, 0.1) is 13.8 Å². The number of rotatable bonds is 4. The van der Waals surface area contributed by atoms with Crippen LogP contribution in [-0.4, -0.2) is 27.2 Å². The fraction of sp³-hybridized carbons (Fsp3) is 0.571. The van der Waals surface area contributed by atoms with E-state index >= 15 is 0 Å². The molecule has 0 aliphatic carbocycles. The molecule has 1 heterocycles. The maximum atomic E-state index is 12.6. The van der Waals surface area contributed by atoms with E-state index in [1.54, 1.807) is 26.8 Å². The third-order valence-electron chi connectivity index (χ3n) is 3.72. The number of sulfonamides is 1. The Kier molecular flexibility index (Phi) is 5.21. The van der Waals surface area contributed by atoms with E-state index in [1.165, 1.54) is 0 Å². The molecule has 2 atom stereocenters. The molecule has 21 heavy (non-hydrogen) atoms. The number of ether oxygens (including phenoxy) is 1. The minimum atomic E-state index is -3.75. The van der Waals surface area contributed by atoms with Crippen LogP contribution in [0.25, 0.3) is 0 Å². The summed E-state index contributed by atoms with van der Waals surface area (Å²) in [6.45, 7) is 5.86. The number of halogens is 2. The van der Waals surface area contributed by atoms with E-state index in [4.69, 9.17) is 27.9 Å². The molecule has 1 saturated heterocycles. The molecule has 1 N–H and O–H groups in total. The zero-order valence-electron chi connectivity index (χ0n) is 12.2. The summed E-state index contributed by atoms with van der Waals surface area (Å²) in [5.41, 5.74) is 1.09. The van der Waals surface area contributed by atoms with Crippen molar-refractivity contribution in [2.75, 3.05) is 6.61 Å². The molecule has 0 saturated carbocycles. The lowest BCUT2D eigenvalue weighted by molar-refractivity contribution is 0.0902. The van der Waals surface area contributed by atoms with E-state index in [0.29, 0.717) is 22.8 Å².